The van der Waals surface area contributed by atoms with Gasteiger partial charge in [-0.15, -0.1) is 0 Å². The summed E-state index contributed by atoms with van der Waals surface area (Å²) >= 11 is 3.75. The topological polar surface area (TPSA) is 9.23 Å². The zero-order chi connectivity index (χ0) is 18.8. The smallest absolute Gasteiger partial charge is 0.145 e. The monoisotopic (exact) mass is 400 g/mol. The fourth-order valence-corrected chi connectivity index (χ4v) is 3.96. The van der Waals surface area contributed by atoms with Crippen LogP contribution in [0.1, 0.15) is 77.6 Å². The van der Waals surface area contributed by atoms with Crippen molar-refractivity contribution in [1.82, 2.24) is 0 Å². The van der Waals surface area contributed by atoms with Crippen LogP contribution in [0.4, 0.5) is 0 Å². The van der Waals surface area contributed by atoms with Crippen molar-refractivity contribution in [3.8, 4) is 11.5 Å². The molecular formula is C23H29BrO. The highest BCUT2D eigenvalue weighted by Gasteiger charge is 2.37. The Morgan fingerprint density at radius 1 is 0.800 bits per heavy atom. The first kappa shape index (κ1) is 18.5. The Balaban J connectivity index is 2.23. The van der Waals surface area contributed by atoms with Gasteiger partial charge >= 0.3 is 0 Å². The summed E-state index contributed by atoms with van der Waals surface area (Å²) < 4.78 is 7.37. The van der Waals surface area contributed by atoms with Gasteiger partial charge in [-0.2, -0.15) is 0 Å². The zero-order valence-electron chi connectivity index (χ0n) is 16.7. The third-order valence-corrected chi connectivity index (χ3v) is 5.90. The van der Waals surface area contributed by atoms with Crippen molar-refractivity contribution < 1.29 is 4.74 Å². The highest BCUT2D eigenvalue weighted by molar-refractivity contribution is 9.10. The van der Waals surface area contributed by atoms with Crippen molar-refractivity contribution in [2.24, 2.45) is 0 Å². The van der Waals surface area contributed by atoms with Crippen molar-refractivity contribution in [2.75, 3.05) is 0 Å². The van der Waals surface area contributed by atoms with Crippen LogP contribution in [0.5, 0.6) is 11.5 Å². The maximum atomic E-state index is 6.33. The summed E-state index contributed by atoms with van der Waals surface area (Å²) in [5.74, 6) is 1.92. The van der Waals surface area contributed by atoms with Gasteiger partial charge in [0.1, 0.15) is 11.5 Å². The molecule has 1 nitrogen and oxygen atoms in total. The lowest BCUT2D eigenvalue weighted by atomic mass is 9.72. The van der Waals surface area contributed by atoms with Gasteiger partial charge in [-0.3, -0.25) is 0 Å². The summed E-state index contributed by atoms with van der Waals surface area (Å²) in [7, 11) is 0. The molecule has 2 aromatic rings. The van der Waals surface area contributed by atoms with E-state index in [0.717, 1.165) is 16.0 Å². The first-order chi connectivity index (χ1) is 11.3. The molecule has 1 heterocycles. The SMILES string of the molecule is CC(C)(C)c1ccc2c(c1)C(C)(C)c1cc(C(C)(C)C)cc(Br)c1O2. The normalized spacial score (nSPS) is 16.0. The highest BCUT2D eigenvalue weighted by Crippen LogP contribution is 2.52. The van der Waals surface area contributed by atoms with Gasteiger partial charge in [-0.05, 0) is 50.0 Å². The van der Waals surface area contributed by atoms with Crippen LogP contribution in [-0.4, -0.2) is 0 Å². The van der Waals surface area contributed by atoms with Crippen LogP contribution in [0.25, 0.3) is 0 Å². The number of halogens is 1. The van der Waals surface area contributed by atoms with E-state index in [9.17, 15) is 0 Å². The van der Waals surface area contributed by atoms with E-state index in [2.05, 4.69) is 102 Å². The molecule has 0 aliphatic carbocycles. The Kier molecular flexibility index (Phi) is 4.15. The Hall–Kier alpha value is -1.28. The van der Waals surface area contributed by atoms with E-state index >= 15 is 0 Å². The van der Waals surface area contributed by atoms with E-state index < -0.39 is 0 Å². The van der Waals surface area contributed by atoms with Crippen LogP contribution in [0.3, 0.4) is 0 Å². The molecule has 0 atom stereocenters. The van der Waals surface area contributed by atoms with Gasteiger partial charge in [-0.1, -0.05) is 73.6 Å². The molecule has 0 spiro atoms. The minimum atomic E-state index is -0.103. The standard InChI is InChI=1S/C23H29BrO/c1-21(2,3)14-9-10-19-16(11-14)23(7,8)17-12-15(22(4,5)6)13-18(24)20(17)25-19/h9-13H,1-8H3. The second-order valence-electron chi connectivity index (χ2n) is 9.77. The molecule has 134 valence electrons. The van der Waals surface area contributed by atoms with E-state index in [1.165, 1.54) is 22.3 Å². The van der Waals surface area contributed by atoms with Gasteiger partial charge in [0.05, 0.1) is 4.47 Å². The Morgan fingerprint density at radius 3 is 1.92 bits per heavy atom. The lowest BCUT2D eigenvalue weighted by molar-refractivity contribution is 0.412. The number of rotatable bonds is 0. The lowest BCUT2D eigenvalue weighted by Crippen LogP contribution is -2.27. The Bertz CT molecular complexity index is 832. The van der Waals surface area contributed by atoms with E-state index in [0.29, 0.717) is 0 Å². The predicted octanol–water partition coefficient (Wildman–Crippen LogP) is 7.48. The van der Waals surface area contributed by atoms with Crippen molar-refractivity contribution in [3.05, 3.63) is 57.1 Å². The maximum Gasteiger partial charge on any atom is 0.145 e. The molecule has 0 radical (unpaired) electrons. The number of fused-ring (bicyclic) bond motifs is 2. The molecule has 3 rings (SSSR count). The Labute approximate surface area is 160 Å². The molecule has 1 aliphatic heterocycles. The number of ether oxygens (including phenoxy) is 1. The molecule has 0 aromatic heterocycles. The average Bonchev–Trinajstić information content (AvgIpc) is 2.46. The number of hydrogen-bond donors (Lipinski definition) is 0. The second-order valence-corrected chi connectivity index (χ2v) is 10.6. The van der Waals surface area contributed by atoms with Crippen molar-refractivity contribution in [2.45, 2.75) is 71.6 Å². The third kappa shape index (κ3) is 3.14. The molecule has 0 saturated carbocycles. The fourth-order valence-electron chi connectivity index (χ4n) is 3.42. The van der Waals surface area contributed by atoms with Gasteiger partial charge in [0, 0.05) is 16.5 Å². The van der Waals surface area contributed by atoms with Crippen LogP contribution in [0.15, 0.2) is 34.8 Å². The molecular weight excluding hydrogens is 372 g/mol. The summed E-state index contributed by atoms with van der Waals surface area (Å²) in [6, 6.07) is 11.2. The molecule has 0 fully saturated rings. The average molecular weight is 401 g/mol. The quantitative estimate of drug-likeness (QED) is 0.445. The molecule has 0 N–H and O–H groups in total. The van der Waals surface area contributed by atoms with E-state index in [1.807, 2.05) is 0 Å². The largest absolute Gasteiger partial charge is 0.456 e. The van der Waals surface area contributed by atoms with Crippen LogP contribution in [0, 0.1) is 0 Å². The molecule has 2 heteroatoms. The summed E-state index contributed by atoms with van der Waals surface area (Å²) in [4.78, 5) is 0. The molecule has 1 aliphatic rings. The molecule has 0 saturated heterocycles. The summed E-state index contributed by atoms with van der Waals surface area (Å²) in [5.41, 5.74) is 5.31. The Morgan fingerprint density at radius 2 is 1.36 bits per heavy atom. The van der Waals surface area contributed by atoms with E-state index in [4.69, 9.17) is 4.74 Å². The highest BCUT2D eigenvalue weighted by atomic mass is 79.9. The maximum absolute atomic E-state index is 6.33. The molecule has 0 amide bonds. The van der Waals surface area contributed by atoms with E-state index in [1.54, 1.807) is 0 Å². The summed E-state index contributed by atoms with van der Waals surface area (Å²) in [6.07, 6.45) is 0. The van der Waals surface area contributed by atoms with Crippen molar-refractivity contribution in [3.63, 3.8) is 0 Å². The van der Waals surface area contributed by atoms with Crippen molar-refractivity contribution in [1.29, 1.82) is 0 Å². The number of benzene rings is 2. The van der Waals surface area contributed by atoms with Gasteiger partial charge in [0.25, 0.3) is 0 Å². The van der Waals surface area contributed by atoms with Crippen LogP contribution in [-0.2, 0) is 16.2 Å². The van der Waals surface area contributed by atoms with Crippen LogP contribution in [0.2, 0.25) is 0 Å². The minimum absolute atomic E-state index is 0.0984. The molecule has 25 heavy (non-hydrogen) atoms. The summed E-state index contributed by atoms with van der Waals surface area (Å²) in [6.45, 7) is 18.1. The lowest BCUT2D eigenvalue weighted by Gasteiger charge is -2.37. The zero-order valence-corrected chi connectivity index (χ0v) is 18.3. The van der Waals surface area contributed by atoms with Gasteiger partial charge in [0.15, 0.2) is 0 Å². The minimum Gasteiger partial charge on any atom is -0.456 e. The van der Waals surface area contributed by atoms with Crippen LogP contribution >= 0.6 is 15.9 Å². The molecule has 0 bridgehead atoms. The predicted molar refractivity (Wildman–Crippen MR) is 110 cm³/mol. The number of hydrogen-bond acceptors (Lipinski definition) is 1. The first-order valence-electron chi connectivity index (χ1n) is 8.99. The molecule has 2 aromatic carbocycles. The van der Waals surface area contributed by atoms with Gasteiger partial charge in [0.2, 0.25) is 0 Å². The first-order valence-corrected chi connectivity index (χ1v) is 9.78. The van der Waals surface area contributed by atoms with Gasteiger partial charge < -0.3 is 4.74 Å². The fraction of sp³-hybridized carbons (Fsp3) is 0.478. The third-order valence-electron chi connectivity index (χ3n) is 5.31. The summed E-state index contributed by atoms with van der Waals surface area (Å²) in [5, 5.41) is 0. The molecule has 0 unspecified atom stereocenters. The van der Waals surface area contributed by atoms with E-state index in [-0.39, 0.29) is 16.2 Å². The second kappa shape index (κ2) is 5.61. The van der Waals surface area contributed by atoms with Crippen molar-refractivity contribution >= 4 is 15.9 Å². The van der Waals surface area contributed by atoms with Gasteiger partial charge in [-0.25, -0.2) is 0 Å². The van der Waals surface area contributed by atoms with Crippen LogP contribution < -0.4 is 4.74 Å².